The number of carbonyl (C=O) groups excluding carboxylic acids is 1. The van der Waals surface area contributed by atoms with Crippen molar-refractivity contribution in [2.24, 2.45) is 0 Å². The molecular formula is C12H18N2O. The molecular weight excluding hydrogens is 188 g/mol. The molecule has 1 aromatic carbocycles. The Labute approximate surface area is 91.3 Å². The number of hydrogen-bond donors (Lipinski definition) is 0. The number of nitrogens with zero attached hydrogens (tertiary/aromatic N) is 2. The number of carbonyl (C=O) groups is 1. The van der Waals surface area contributed by atoms with Crippen LogP contribution >= 0.6 is 0 Å². The Morgan fingerprint density at radius 3 is 2.40 bits per heavy atom. The van der Waals surface area contributed by atoms with Gasteiger partial charge in [-0.25, -0.2) is 0 Å². The summed E-state index contributed by atoms with van der Waals surface area (Å²) < 4.78 is 0. The lowest BCUT2D eigenvalue weighted by atomic mass is 10.2. The predicted octanol–water partition coefficient (Wildman–Crippen LogP) is 1.50. The average molecular weight is 206 g/mol. The minimum atomic E-state index is 0.749. The topological polar surface area (TPSA) is 23.6 Å². The Morgan fingerprint density at radius 2 is 1.80 bits per heavy atom. The number of rotatable bonds is 5. The molecule has 15 heavy (non-hydrogen) atoms. The first kappa shape index (κ1) is 11.7. The smallest absolute Gasteiger partial charge is 0.152 e. The first-order valence-corrected chi connectivity index (χ1v) is 5.05. The minimum absolute atomic E-state index is 0.749. The molecule has 1 aromatic rings. The molecule has 0 aliphatic rings. The number of para-hydroxylation sites is 1. The third kappa shape index (κ3) is 3.36. The summed E-state index contributed by atoms with van der Waals surface area (Å²) in [6.45, 7) is 1.89. The molecule has 0 fully saturated rings. The maximum atomic E-state index is 10.8. The van der Waals surface area contributed by atoms with Crippen molar-refractivity contribution in [3.05, 3.63) is 29.8 Å². The Balaban J connectivity index is 2.72. The van der Waals surface area contributed by atoms with Gasteiger partial charge in [-0.15, -0.1) is 0 Å². The van der Waals surface area contributed by atoms with Gasteiger partial charge in [0.2, 0.25) is 0 Å². The number of likely N-dealkylation sites (N-methyl/N-ethyl adjacent to an activating group) is 2. The zero-order valence-electron chi connectivity index (χ0n) is 9.60. The highest BCUT2D eigenvalue weighted by molar-refractivity contribution is 5.84. The molecule has 0 bridgehead atoms. The van der Waals surface area contributed by atoms with Crippen molar-refractivity contribution >= 4 is 12.0 Å². The summed E-state index contributed by atoms with van der Waals surface area (Å²) in [5.74, 6) is 0. The highest BCUT2D eigenvalue weighted by atomic mass is 16.1. The highest BCUT2D eigenvalue weighted by Crippen LogP contribution is 2.16. The summed E-state index contributed by atoms with van der Waals surface area (Å²) in [7, 11) is 6.09. The zero-order chi connectivity index (χ0) is 11.3. The predicted molar refractivity (Wildman–Crippen MR) is 63.7 cm³/mol. The van der Waals surface area contributed by atoms with Crippen LogP contribution in [0.1, 0.15) is 10.4 Å². The van der Waals surface area contributed by atoms with Crippen molar-refractivity contribution < 1.29 is 4.79 Å². The lowest BCUT2D eigenvalue weighted by Crippen LogP contribution is -2.29. The molecule has 0 saturated heterocycles. The van der Waals surface area contributed by atoms with Gasteiger partial charge in [0.05, 0.1) is 0 Å². The second kappa shape index (κ2) is 5.51. The fraction of sp³-hybridized carbons (Fsp3) is 0.417. The minimum Gasteiger partial charge on any atom is -0.373 e. The van der Waals surface area contributed by atoms with Crippen molar-refractivity contribution in [2.45, 2.75) is 0 Å². The van der Waals surface area contributed by atoms with E-state index in [1.165, 1.54) is 0 Å². The van der Waals surface area contributed by atoms with Crippen LogP contribution in [-0.4, -0.2) is 45.4 Å². The Morgan fingerprint density at radius 1 is 1.13 bits per heavy atom. The van der Waals surface area contributed by atoms with E-state index in [0.717, 1.165) is 30.6 Å². The van der Waals surface area contributed by atoms with Crippen LogP contribution in [0.25, 0.3) is 0 Å². The molecule has 3 heteroatoms. The normalized spacial score (nSPS) is 10.4. The van der Waals surface area contributed by atoms with Crippen LogP contribution in [0.3, 0.4) is 0 Å². The summed E-state index contributed by atoms with van der Waals surface area (Å²) in [6.07, 6.45) is 0.904. The lowest BCUT2D eigenvalue weighted by Gasteiger charge is -2.22. The summed E-state index contributed by atoms with van der Waals surface area (Å²) >= 11 is 0. The number of hydrogen-bond acceptors (Lipinski definition) is 3. The molecule has 82 valence electrons. The van der Waals surface area contributed by atoms with E-state index in [4.69, 9.17) is 0 Å². The molecule has 0 unspecified atom stereocenters. The second-order valence-corrected chi connectivity index (χ2v) is 3.90. The van der Waals surface area contributed by atoms with Gasteiger partial charge in [-0.05, 0) is 26.2 Å². The molecule has 0 aliphatic heterocycles. The standard InChI is InChI=1S/C12H18N2O/c1-13(2)8-9-14(3)12-7-5-4-6-11(12)10-15/h4-7,10H,8-9H2,1-3H3. The van der Waals surface area contributed by atoms with Crippen LogP contribution in [-0.2, 0) is 0 Å². The summed E-state index contributed by atoms with van der Waals surface area (Å²) in [5, 5.41) is 0. The van der Waals surface area contributed by atoms with Crippen LogP contribution in [0.15, 0.2) is 24.3 Å². The monoisotopic (exact) mass is 206 g/mol. The first-order chi connectivity index (χ1) is 7.15. The average Bonchev–Trinajstić information content (AvgIpc) is 2.25. The van der Waals surface area contributed by atoms with Crippen molar-refractivity contribution in [1.29, 1.82) is 0 Å². The molecule has 0 amide bonds. The number of aldehydes is 1. The van der Waals surface area contributed by atoms with Crippen molar-refractivity contribution in [3.8, 4) is 0 Å². The van der Waals surface area contributed by atoms with Crippen LogP contribution in [0.4, 0.5) is 5.69 Å². The van der Waals surface area contributed by atoms with E-state index in [2.05, 4.69) is 9.80 Å². The van der Waals surface area contributed by atoms with Gasteiger partial charge in [0, 0.05) is 31.4 Å². The summed E-state index contributed by atoms with van der Waals surface area (Å²) in [5.41, 5.74) is 1.74. The van der Waals surface area contributed by atoms with Gasteiger partial charge in [-0.3, -0.25) is 4.79 Å². The van der Waals surface area contributed by atoms with Crippen LogP contribution in [0.5, 0.6) is 0 Å². The zero-order valence-corrected chi connectivity index (χ0v) is 9.60. The maximum absolute atomic E-state index is 10.8. The van der Waals surface area contributed by atoms with Gasteiger partial charge in [0.25, 0.3) is 0 Å². The van der Waals surface area contributed by atoms with E-state index in [0.29, 0.717) is 0 Å². The van der Waals surface area contributed by atoms with E-state index in [1.807, 2.05) is 45.4 Å². The molecule has 0 aromatic heterocycles. The van der Waals surface area contributed by atoms with Gasteiger partial charge in [0.1, 0.15) is 0 Å². The fourth-order valence-corrected chi connectivity index (χ4v) is 1.41. The summed E-state index contributed by atoms with van der Waals surface area (Å²) in [4.78, 5) is 15.1. The molecule has 0 heterocycles. The van der Waals surface area contributed by atoms with Gasteiger partial charge in [-0.1, -0.05) is 12.1 Å². The highest BCUT2D eigenvalue weighted by Gasteiger charge is 2.05. The number of benzene rings is 1. The Hall–Kier alpha value is -1.35. The van der Waals surface area contributed by atoms with Crippen LogP contribution in [0, 0.1) is 0 Å². The molecule has 1 rings (SSSR count). The van der Waals surface area contributed by atoms with Gasteiger partial charge < -0.3 is 9.80 Å². The molecule has 0 aliphatic carbocycles. The van der Waals surface area contributed by atoms with Crippen molar-refractivity contribution in [3.63, 3.8) is 0 Å². The van der Waals surface area contributed by atoms with E-state index >= 15 is 0 Å². The maximum Gasteiger partial charge on any atom is 0.152 e. The fourth-order valence-electron chi connectivity index (χ4n) is 1.41. The third-order valence-electron chi connectivity index (χ3n) is 2.36. The molecule has 0 spiro atoms. The molecule has 0 saturated carbocycles. The van der Waals surface area contributed by atoms with Crippen LogP contribution in [0.2, 0.25) is 0 Å². The Kier molecular flexibility index (Phi) is 4.31. The van der Waals surface area contributed by atoms with E-state index in [1.54, 1.807) is 0 Å². The van der Waals surface area contributed by atoms with E-state index in [9.17, 15) is 4.79 Å². The van der Waals surface area contributed by atoms with Gasteiger partial charge in [-0.2, -0.15) is 0 Å². The quantitative estimate of drug-likeness (QED) is 0.682. The van der Waals surface area contributed by atoms with E-state index < -0.39 is 0 Å². The Bertz CT molecular complexity index is 323. The van der Waals surface area contributed by atoms with Crippen molar-refractivity contribution in [1.82, 2.24) is 4.90 Å². The SMILES string of the molecule is CN(C)CCN(C)c1ccccc1C=O. The molecule has 3 nitrogen and oxygen atoms in total. The first-order valence-electron chi connectivity index (χ1n) is 5.05. The molecule has 0 radical (unpaired) electrons. The third-order valence-corrected chi connectivity index (χ3v) is 2.36. The molecule has 0 N–H and O–H groups in total. The summed E-state index contributed by atoms with van der Waals surface area (Å²) in [6, 6.07) is 7.65. The van der Waals surface area contributed by atoms with Crippen molar-refractivity contribution in [2.75, 3.05) is 39.1 Å². The van der Waals surface area contributed by atoms with Gasteiger partial charge in [0.15, 0.2) is 6.29 Å². The largest absolute Gasteiger partial charge is 0.373 e. The number of anilines is 1. The molecule has 0 atom stereocenters. The second-order valence-electron chi connectivity index (χ2n) is 3.90. The van der Waals surface area contributed by atoms with Crippen LogP contribution < -0.4 is 4.90 Å². The lowest BCUT2D eigenvalue weighted by molar-refractivity contribution is 0.112. The van der Waals surface area contributed by atoms with Gasteiger partial charge >= 0.3 is 0 Å². The van der Waals surface area contributed by atoms with E-state index in [-0.39, 0.29) is 0 Å².